The van der Waals surface area contributed by atoms with E-state index in [2.05, 4.69) is 17.6 Å². The van der Waals surface area contributed by atoms with Gasteiger partial charge in [0.1, 0.15) is 5.69 Å². The first-order valence-electron chi connectivity index (χ1n) is 9.96. The quantitative estimate of drug-likeness (QED) is 0.549. The Morgan fingerprint density at radius 1 is 1.17 bits per heavy atom. The molecule has 1 aromatic rings. The van der Waals surface area contributed by atoms with Gasteiger partial charge in [-0.25, -0.2) is 8.42 Å². The van der Waals surface area contributed by atoms with Gasteiger partial charge in [0.05, 0.1) is 27.7 Å². The monoisotopic (exact) mass is 424 g/mol. The molecule has 1 aliphatic carbocycles. The van der Waals surface area contributed by atoms with Gasteiger partial charge in [-0.2, -0.15) is 0 Å². The molecular weight excluding hydrogens is 396 g/mol. The molecule has 1 saturated heterocycles. The number of hydrogen-bond donors (Lipinski definition) is 2. The summed E-state index contributed by atoms with van der Waals surface area (Å²) in [6.07, 6.45) is 3.86. The minimum absolute atomic E-state index is 0.000443. The first-order chi connectivity index (χ1) is 13.7. The summed E-state index contributed by atoms with van der Waals surface area (Å²) in [5.74, 6) is 0.296. The first-order valence-corrected chi connectivity index (χ1v) is 11.8. The number of nitro benzene ring substituents is 1. The summed E-state index contributed by atoms with van der Waals surface area (Å²) in [5, 5.41) is 17.3. The van der Waals surface area contributed by atoms with Crippen molar-refractivity contribution in [3.05, 3.63) is 27.8 Å². The highest BCUT2D eigenvalue weighted by Crippen LogP contribution is 2.34. The van der Waals surface area contributed by atoms with E-state index in [1.54, 1.807) is 13.1 Å². The third kappa shape index (κ3) is 4.98. The van der Waals surface area contributed by atoms with E-state index in [4.69, 9.17) is 0 Å². The summed E-state index contributed by atoms with van der Waals surface area (Å²) in [4.78, 5) is 25.9. The standard InChI is InChI=1S/C19H28N4O5S/c1-13-3-5-14(6-4-13)21-19(24)15-11-18(23(25)26)16(20-2)12-17(15)22-7-9-29(27,28)10-8-22/h11-14,20H,3-10H2,1-2H3,(H,21,24)/t13-,14-. The van der Waals surface area contributed by atoms with Crippen LogP contribution in [0.15, 0.2) is 12.1 Å². The van der Waals surface area contributed by atoms with Crippen molar-refractivity contribution in [2.24, 2.45) is 5.92 Å². The Morgan fingerprint density at radius 2 is 1.79 bits per heavy atom. The Bertz CT molecular complexity index is 880. The summed E-state index contributed by atoms with van der Waals surface area (Å²) in [7, 11) is -1.51. The molecular formula is C19H28N4O5S. The number of carbonyl (C=O) groups excluding carboxylic acids is 1. The van der Waals surface area contributed by atoms with Gasteiger partial charge >= 0.3 is 0 Å². The number of nitrogens with zero attached hydrogens (tertiary/aromatic N) is 2. The van der Waals surface area contributed by atoms with Crippen molar-refractivity contribution < 1.29 is 18.1 Å². The molecule has 10 heteroatoms. The van der Waals surface area contributed by atoms with E-state index in [9.17, 15) is 23.3 Å². The van der Waals surface area contributed by atoms with E-state index >= 15 is 0 Å². The number of anilines is 2. The molecule has 0 bridgehead atoms. The van der Waals surface area contributed by atoms with Gasteiger partial charge in [-0.3, -0.25) is 14.9 Å². The molecule has 1 amide bonds. The fourth-order valence-corrected chi connectivity index (χ4v) is 5.19. The average molecular weight is 425 g/mol. The fourth-order valence-electron chi connectivity index (χ4n) is 3.99. The highest BCUT2D eigenvalue weighted by atomic mass is 32.2. The van der Waals surface area contributed by atoms with Crippen molar-refractivity contribution in [3.63, 3.8) is 0 Å². The number of rotatable bonds is 5. The third-order valence-corrected chi connectivity index (χ3v) is 7.47. The zero-order valence-corrected chi connectivity index (χ0v) is 17.6. The second kappa shape index (κ2) is 8.56. The zero-order valence-electron chi connectivity index (χ0n) is 16.8. The molecule has 2 aliphatic rings. The summed E-state index contributed by atoms with van der Waals surface area (Å²) >= 11 is 0. The molecule has 0 atom stereocenters. The van der Waals surface area contributed by atoms with E-state index in [1.807, 2.05) is 4.90 Å². The average Bonchev–Trinajstić information content (AvgIpc) is 2.68. The van der Waals surface area contributed by atoms with Gasteiger partial charge in [-0.05, 0) is 37.7 Å². The summed E-state index contributed by atoms with van der Waals surface area (Å²) in [5.41, 5.74) is 0.856. The van der Waals surface area contributed by atoms with Crippen LogP contribution in [-0.4, -0.2) is 56.9 Å². The van der Waals surface area contributed by atoms with Gasteiger partial charge in [-0.1, -0.05) is 6.92 Å². The Hall–Kier alpha value is -2.36. The number of carbonyl (C=O) groups is 1. The van der Waals surface area contributed by atoms with Crippen LogP contribution in [0.2, 0.25) is 0 Å². The van der Waals surface area contributed by atoms with Gasteiger partial charge in [0.15, 0.2) is 9.84 Å². The minimum atomic E-state index is -3.09. The van der Waals surface area contributed by atoms with Gasteiger partial charge in [0.2, 0.25) is 0 Å². The molecule has 2 fully saturated rings. The van der Waals surface area contributed by atoms with Crippen molar-refractivity contribution >= 4 is 32.8 Å². The molecule has 1 aliphatic heterocycles. The summed E-state index contributed by atoms with van der Waals surface area (Å²) in [6.45, 7) is 2.70. The van der Waals surface area contributed by atoms with Crippen molar-refractivity contribution in [2.75, 3.05) is 41.9 Å². The molecule has 0 aromatic heterocycles. The fraction of sp³-hybridized carbons (Fsp3) is 0.632. The van der Waals surface area contributed by atoms with Crippen LogP contribution in [0.5, 0.6) is 0 Å². The van der Waals surface area contributed by atoms with Gasteiger partial charge < -0.3 is 15.5 Å². The van der Waals surface area contributed by atoms with Gasteiger partial charge in [0, 0.05) is 32.2 Å². The number of benzene rings is 1. The van der Waals surface area contributed by atoms with Crippen molar-refractivity contribution in [1.29, 1.82) is 0 Å². The largest absolute Gasteiger partial charge is 0.383 e. The van der Waals surface area contributed by atoms with E-state index in [1.165, 1.54) is 6.07 Å². The molecule has 2 N–H and O–H groups in total. The molecule has 1 saturated carbocycles. The smallest absolute Gasteiger partial charge is 0.293 e. The molecule has 29 heavy (non-hydrogen) atoms. The van der Waals surface area contributed by atoms with Crippen molar-refractivity contribution in [3.8, 4) is 0 Å². The number of nitrogens with one attached hydrogen (secondary N) is 2. The van der Waals surface area contributed by atoms with Crippen LogP contribution < -0.4 is 15.5 Å². The number of amides is 1. The number of nitro groups is 1. The molecule has 1 aromatic carbocycles. The van der Waals surface area contributed by atoms with E-state index in [0.29, 0.717) is 17.3 Å². The molecule has 1 heterocycles. The topological polar surface area (TPSA) is 122 Å². The van der Waals surface area contributed by atoms with E-state index < -0.39 is 14.8 Å². The maximum Gasteiger partial charge on any atom is 0.293 e. The lowest BCUT2D eigenvalue weighted by atomic mass is 9.87. The Balaban J connectivity index is 1.93. The molecule has 0 unspecified atom stereocenters. The normalized spacial score (nSPS) is 24.0. The van der Waals surface area contributed by atoms with E-state index in [-0.39, 0.29) is 47.8 Å². The van der Waals surface area contributed by atoms with Crippen molar-refractivity contribution in [1.82, 2.24) is 5.32 Å². The lowest BCUT2D eigenvalue weighted by Gasteiger charge is -2.31. The zero-order chi connectivity index (χ0) is 21.2. The predicted octanol–water partition coefficient (Wildman–Crippen LogP) is 2.18. The van der Waals surface area contributed by atoms with Crippen molar-refractivity contribution in [2.45, 2.75) is 38.6 Å². The minimum Gasteiger partial charge on any atom is -0.383 e. The van der Waals surface area contributed by atoms with Crippen LogP contribution >= 0.6 is 0 Å². The van der Waals surface area contributed by atoms with Crippen LogP contribution in [0, 0.1) is 16.0 Å². The lowest BCUT2D eigenvalue weighted by molar-refractivity contribution is -0.383. The second-order valence-corrected chi connectivity index (χ2v) is 10.3. The molecule has 0 radical (unpaired) electrons. The van der Waals surface area contributed by atoms with Crippen LogP contribution in [0.4, 0.5) is 17.1 Å². The number of hydrogen-bond acceptors (Lipinski definition) is 7. The SMILES string of the molecule is CNc1cc(N2CCS(=O)(=O)CC2)c(C(=O)N[C@H]2CC[C@H](C)CC2)cc1[N+](=O)[O-]. The maximum atomic E-state index is 13.1. The van der Waals surface area contributed by atoms with Gasteiger partial charge in [-0.15, -0.1) is 0 Å². The molecule has 160 valence electrons. The highest BCUT2D eigenvalue weighted by Gasteiger charge is 2.29. The Labute approximate surface area is 170 Å². The van der Waals surface area contributed by atoms with E-state index in [0.717, 1.165) is 25.7 Å². The lowest BCUT2D eigenvalue weighted by Crippen LogP contribution is -2.42. The highest BCUT2D eigenvalue weighted by molar-refractivity contribution is 7.91. The second-order valence-electron chi connectivity index (χ2n) is 7.96. The van der Waals surface area contributed by atoms with Crippen LogP contribution in [0.25, 0.3) is 0 Å². The van der Waals surface area contributed by atoms with Crippen LogP contribution in [0.3, 0.4) is 0 Å². The van der Waals surface area contributed by atoms with Crippen LogP contribution in [-0.2, 0) is 9.84 Å². The third-order valence-electron chi connectivity index (χ3n) is 5.86. The molecule has 9 nitrogen and oxygen atoms in total. The summed E-state index contributed by atoms with van der Waals surface area (Å²) in [6, 6.07) is 2.93. The Morgan fingerprint density at radius 3 is 2.34 bits per heavy atom. The molecule has 3 rings (SSSR count). The van der Waals surface area contributed by atoms with Gasteiger partial charge in [0.25, 0.3) is 11.6 Å². The van der Waals surface area contributed by atoms with Crippen LogP contribution in [0.1, 0.15) is 43.0 Å². The molecule has 0 spiro atoms. The first kappa shape index (κ1) is 21.4. The number of sulfone groups is 1. The summed E-state index contributed by atoms with van der Waals surface area (Å²) < 4.78 is 23.6. The predicted molar refractivity (Wildman–Crippen MR) is 112 cm³/mol. The maximum absolute atomic E-state index is 13.1. The Kier molecular flexibility index (Phi) is 6.30.